The standard InChI is InChI=1S/C27H28ClN3O4S/c1-33-15-18-5-4-12-31(18)24(19-6-2-3-7-20(19)28)23-14-29-26(36-23)30-25(32)27(10-11-27)17-8-9-21-22(13-17)35-16-34-21/h2-3,6-9,13-14,18,24H,4-5,10-12,15-16H2,1H3,(H,29,30,32)/t18-,24?/m1/s1. The van der Waals surface area contributed by atoms with Gasteiger partial charge in [-0.25, -0.2) is 4.98 Å². The van der Waals surface area contributed by atoms with E-state index in [9.17, 15) is 4.79 Å². The fourth-order valence-corrected chi connectivity index (χ4v) is 6.61. The summed E-state index contributed by atoms with van der Waals surface area (Å²) in [6.07, 6.45) is 5.65. The van der Waals surface area contributed by atoms with Crippen molar-refractivity contribution in [1.29, 1.82) is 0 Å². The molecule has 7 nitrogen and oxygen atoms in total. The van der Waals surface area contributed by atoms with Gasteiger partial charge in [0.25, 0.3) is 0 Å². The highest BCUT2D eigenvalue weighted by Gasteiger charge is 2.52. The lowest BCUT2D eigenvalue weighted by Crippen LogP contribution is -2.36. The third-order valence-corrected chi connectivity index (χ3v) is 8.75. The number of aromatic nitrogens is 1. The number of thiazole rings is 1. The van der Waals surface area contributed by atoms with E-state index in [1.165, 1.54) is 11.3 Å². The van der Waals surface area contributed by atoms with E-state index in [1.807, 2.05) is 42.6 Å². The van der Waals surface area contributed by atoms with Crippen molar-refractivity contribution in [2.45, 2.75) is 43.2 Å². The Kier molecular flexibility index (Phi) is 6.37. The van der Waals surface area contributed by atoms with Gasteiger partial charge in [0, 0.05) is 29.2 Å². The first kappa shape index (κ1) is 23.7. The van der Waals surface area contributed by atoms with Crippen LogP contribution in [0.2, 0.25) is 5.02 Å². The van der Waals surface area contributed by atoms with Gasteiger partial charge in [0.1, 0.15) is 0 Å². The maximum Gasteiger partial charge on any atom is 0.236 e. The van der Waals surface area contributed by atoms with Crippen LogP contribution in [0.15, 0.2) is 48.7 Å². The summed E-state index contributed by atoms with van der Waals surface area (Å²) < 4.78 is 16.5. The maximum absolute atomic E-state index is 13.4. The fraction of sp³-hybridized carbons (Fsp3) is 0.407. The first-order valence-corrected chi connectivity index (χ1v) is 13.4. The van der Waals surface area contributed by atoms with Crippen molar-refractivity contribution in [2.75, 3.05) is 32.4 Å². The Balaban J connectivity index is 1.26. The zero-order valence-corrected chi connectivity index (χ0v) is 21.6. The van der Waals surface area contributed by atoms with Crippen LogP contribution in [0.25, 0.3) is 0 Å². The normalized spacial score (nSPS) is 20.9. The number of benzene rings is 2. The van der Waals surface area contributed by atoms with Crippen LogP contribution >= 0.6 is 22.9 Å². The number of anilines is 1. The van der Waals surface area contributed by atoms with Gasteiger partial charge in [0.05, 0.1) is 18.1 Å². The Bertz CT molecular complexity index is 1280. The Hall–Kier alpha value is -2.65. The van der Waals surface area contributed by atoms with Crippen molar-refractivity contribution in [3.8, 4) is 11.5 Å². The Morgan fingerprint density at radius 2 is 2.11 bits per heavy atom. The molecule has 1 unspecified atom stereocenters. The summed E-state index contributed by atoms with van der Waals surface area (Å²) in [7, 11) is 1.75. The quantitative estimate of drug-likeness (QED) is 0.425. The first-order chi connectivity index (χ1) is 17.6. The number of carbonyl (C=O) groups excluding carboxylic acids is 1. The van der Waals surface area contributed by atoms with Crippen LogP contribution in [0.4, 0.5) is 5.13 Å². The molecule has 1 amide bonds. The predicted molar refractivity (Wildman–Crippen MR) is 139 cm³/mol. The predicted octanol–water partition coefficient (Wildman–Crippen LogP) is 5.40. The topological polar surface area (TPSA) is 72.9 Å². The molecule has 1 saturated carbocycles. The fourth-order valence-electron chi connectivity index (χ4n) is 5.42. The number of fused-ring (bicyclic) bond motifs is 1. The number of methoxy groups -OCH3 is 1. The lowest BCUT2D eigenvalue weighted by atomic mass is 9.94. The van der Waals surface area contributed by atoms with E-state index < -0.39 is 5.41 Å². The van der Waals surface area contributed by atoms with Crippen LogP contribution in [0.3, 0.4) is 0 Å². The van der Waals surface area contributed by atoms with Crippen LogP contribution in [0.1, 0.15) is 47.7 Å². The van der Waals surface area contributed by atoms with Gasteiger partial charge in [-0.3, -0.25) is 9.69 Å². The molecule has 6 rings (SSSR count). The Labute approximate surface area is 219 Å². The number of carbonyl (C=O) groups is 1. The molecule has 0 spiro atoms. The molecule has 3 aromatic rings. The molecule has 3 heterocycles. The average molecular weight is 526 g/mol. The van der Waals surface area contributed by atoms with Gasteiger partial charge in [-0.1, -0.05) is 47.2 Å². The van der Waals surface area contributed by atoms with Gasteiger partial charge < -0.3 is 19.5 Å². The number of nitrogens with one attached hydrogen (secondary N) is 1. The molecule has 0 radical (unpaired) electrons. The molecule has 2 fully saturated rings. The zero-order chi connectivity index (χ0) is 24.7. The van der Waals surface area contributed by atoms with E-state index in [4.69, 9.17) is 25.8 Å². The van der Waals surface area contributed by atoms with Crippen molar-refractivity contribution < 1.29 is 19.0 Å². The molecule has 1 aliphatic carbocycles. The highest BCUT2D eigenvalue weighted by molar-refractivity contribution is 7.15. The van der Waals surface area contributed by atoms with Gasteiger partial charge in [0.2, 0.25) is 12.7 Å². The van der Waals surface area contributed by atoms with Gasteiger partial charge in [-0.2, -0.15) is 0 Å². The van der Waals surface area contributed by atoms with Crippen molar-refractivity contribution >= 4 is 34.0 Å². The van der Waals surface area contributed by atoms with E-state index in [-0.39, 0.29) is 18.7 Å². The molecule has 9 heteroatoms. The molecule has 1 aromatic heterocycles. The number of likely N-dealkylation sites (tertiary alicyclic amines) is 1. The summed E-state index contributed by atoms with van der Waals surface area (Å²) in [5, 5.41) is 4.42. The second kappa shape index (κ2) is 9.67. The number of halogens is 1. The third kappa shape index (κ3) is 4.26. The van der Waals surface area contributed by atoms with Crippen LogP contribution in [-0.2, 0) is 14.9 Å². The number of hydrogen-bond acceptors (Lipinski definition) is 7. The molecule has 3 aliphatic rings. The van der Waals surface area contributed by atoms with Gasteiger partial charge >= 0.3 is 0 Å². The summed E-state index contributed by atoms with van der Waals surface area (Å²) in [5.41, 5.74) is 1.45. The smallest absolute Gasteiger partial charge is 0.236 e. The molecule has 36 heavy (non-hydrogen) atoms. The van der Waals surface area contributed by atoms with Crippen LogP contribution in [-0.4, -0.2) is 48.9 Å². The minimum absolute atomic E-state index is 0.0324. The van der Waals surface area contributed by atoms with Crippen LogP contribution in [0.5, 0.6) is 11.5 Å². The molecular weight excluding hydrogens is 498 g/mol. The molecule has 2 aliphatic heterocycles. The van der Waals surface area contributed by atoms with Crippen molar-refractivity contribution in [3.05, 3.63) is 69.7 Å². The third-order valence-electron chi connectivity index (χ3n) is 7.44. The maximum atomic E-state index is 13.4. The Morgan fingerprint density at radius 1 is 1.28 bits per heavy atom. The lowest BCUT2D eigenvalue weighted by molar-refractivity contribution is -0.118. The van der Waals surface area contributed by atoms with Crippen molar-refractivity contribution in [3.63, 3.8) is 0 Å². The van der Waals surface area contributed by atoms with E-state index in [2.05, 4.69) is 21.3 Å². The summed E-state index contributed by atoms with van der Waals surface area (Å²) >= 11 is 8.19. The van der Waals surface area contributed by atoms with E-state index >= 15 is 0 Å². The Morgan fingerprint density at radius 3 is 2.92 bits per heavy atom. The summed E-state index contributed by atoms with van der Waals surface area (Å²) in [5.74, 6) is 1.38. The minimum atomic E-state index is -0.548. The second-order valence-corrected chi connectivity index (χ2v) is 11.1. The summed E-state index contributed by atoms with van der Waals surface area (Å²) in [6, 6.07) is 14.0. The number of ether oxygens (including phenoxy) is 3. The van der Waals surface area contributed by atoms with E-state index in [0.717, 1.165) is 59.0 Å². The monoisotopic (exact) mass is 525 g/mol. The molecule has 2 atom stereocenters. The van der Waals surface area contributed by atoms with Crippen LogP contribution < -0.4 is 14.8 Å². The molecule has 2 aromatic carbocycles. The van der Waals surface area contributed by atoms with Crippen LogP contribution in [0, 0.1) is 0 Å². The van der Waals surface area contributed by atoms with Crippen molar-refractivity contribution in [1.82, 2.24) is 9.88 Å². The zero-order valence-electron chi connectivity index (χ0n) is 20.0. The largest absolute Gasteiger partial charge is 0.454 e. The number of nitrogens with zero attached hydrogens (tertiary/aromatic N) is 2. The van der Waals surface area contributed by atoms with Gasteiger partial charge in [-0.05, 0) is 61.6 Å². The van der Waals surface area contributed by atoms with Gasteiger partial charge in [0.15, 0.2) is 16.6 Å². The first-order valence-electron chi connectivity index (χ1n) is 12.3. The number of rotatable bonds is 8. The minimum Gasteiger partial charge on any atom is -0.454 e. The second-order valence-electron chi connectivity index (χ2n) is 9.59. The molecule has 188 valence electrons. The van der Waals surface area contributed by atoms with E-state index in [0.29, 0.717) is 23.5 Å². The SMILES string of the molecule is COC[C@H]1CCCN1C(c1cnc(NC(=O)C2(c3ccc4c(c3)OCO4)CC2)s1)c1ccccc1Cl. The highest BCUT2D eigenvalue weighted by atomic mass is 35.5. The van der Waals surface area contributed by atoms with E-state index in [1.54, 1.807) is 7.11 Å². The van der Waals surface area contributed by atoms with Gasteiger partial charge in [-0.15, -0.1) is 0 Å². The molecular formula is C27H28ClN3O4S. The number of amides is 1. The highest BCUT2D eigenvalue weighted by Crippen LogP contribution is 2.51. The lowest BCUT2D eigenvalue weighted by Gasteiger charge is -2.32. The average Bonchev–Trinajstić information content (AvgIpc) is 3.19. The summed E-state index contributed by atoms with van der Waals surface area (Å²) in [4.78, 5) is 21.5. The molecule has 1 saturated heterocycles. The van der Waals surface area contributed by atoms with Crippen molar-refractivity contribution in [2.24, 2.45) is 0 Å². The molecule has 0 bridgehead atoms. The number of hydrogen-bond donors (Lipinski definition) is 1. The molecule has 1 N–H and O–H groups in total. The summed E-state index contributed by atoms with van der Waals surface area (Å²) in [6.45, 7) is 1.84.